The van der Waals surface area contributed by atoms with Gasteiger partial charge in [0.1, 0.15) is 5.82 Å². The van der Waals surface area contributed by atoms with Gasteiger partial charge in [-0.05, 0) is 17.7 Å². The van der Waals surface area contributed by atoms with Crippen molar-refractivity contribution >= 4 is 29.9 Å². The molecule has 0 bridgehead atoms. The number of urea groups is 1. The molecular formula is C17H18FN6O2+. The number of benzene rings is 1. The van der Waals surface area contributed by atoms with E-state index < -0.39 is 12.1 Å². The van der Waals surface area contributed by atoms with Crippen LogP contribution in [0.15, 0.2) is 47.0 Å². The second kappa shape index (κ2) is 6.87. The average Bonchev–Trinajstić information content (AvgIpc) is 2.99. The maximum Gasteiger partial charge on any atom is 0.414 e. The molecule has 3 rings (SSSR count). The second-order valence-electron chi connectivity index (χ2n) is 5.80. The molecule has 9 heteroatoms. The first-order chi connectivity index (χ1) is 12.4. The van der Waals surface area contributed by atoms with Gasteiger partial charge in [-0.1, -0.05) is 29.8 Å². The van der Waals surface area contributed by atoms with Crippen molar-refractivity contribution in [3.63, 3.8) is 0 Å². The van der Waals surface area contributed by atoms with Gasteiger partial charge in [0.2, 0.25) is 11.9 Å². The predicted octanol–water partition coefficient (Wildman–Crippen LogP) is 0.608. The SMILES string of the molecule is C=CC[N+]1=C(N/N=C/c2ccc(F)cc2)N=C2C1C(=O)N(C)C(=O)N2C. The fourth-order valence-electron chi connectivity index (χ4n) is 2.73. The number of carbonyl (C=O) groups excluding carboxylic acids is 2. The minimum atomic E-state index is -0.718. The predicted molar refractivity (Wildman–Crippen MR) is 94.6 cm³/mol. The molecule has 1 aromatic rings. The largest absolute Gasteiger partial charge is 0.414 e. The topological polar surface area (TPSA) is 80.4 Å². The Labute approximate surface area is 149 Å². The molecule has 134 valence electrons. The van der Waals surface area contributed by atoms with Crippen LogP contribution in [-0.4, -0.2) is 71.0 Å². The van der Waals surface area contributed by atoms with Crippen LogP contribution < -0.4 is 5.43 Å². The van der Waals surface area contributed by atoms with Crippen molar-refractivity contribution < 1.29 is 18.6 Å². The summed E-state index contributed by atoms with van der Waals surface area (Å²) < 4.78 is 14.6. The Kier molecular flexibility index (Phi) is 4.61. The normalized spacial score (nSPS) is 20.0. The number of guanidine groups is 1. The maximum atomic E-state index is 12.9. The first-order valence-corrected chi connectivity index (χ1v) is 7.87. The molecule has 1 fully saturated rings. The fraction of sp³-hybridized carbons (Fsp3) is 0.235. The number of rotatable bonds is 4. The number of amides is 3. The number of fused-ring (bicyclic) bond motifs is 1. The summed E-state index contributed by atoms with van der Waals surface area (Å²) in [5.74, 6) is -0.0396. The number of likely N-dealkylation sites (N-methyl/N-ethyl adjacent to an activating group) is 2. The van der Waals surface area contributed by atoms with Crippen LogP contribution in [0.2, 0.25) is 0 Å². The van der Waals surface area contributed by atoms with Crippen molar-refractivity contribution in [3.8, 4) is 0 Å². The fourth-order valence-corrected chi connectivity index (χ4v) is 2.73. The monoisotopic (exact) mass is 357 g/mol. The van der Waals surface area contributed by atoms with Gasteiger partial charge < -0.3 is 0 Å². The molecule has 2 aliphatic rings. The number of hydrazone groups is 1. The molecule has 0 aliphatic carbocycles. The standard InChI is InChI=1S/C17H17FN6O2/c1-4-9-24-13-14(22(2)17(26)23(3)15(13)25)20-16(24)21-19-10-11-5-7-12(18)8-6-11/h4-8,10,13H,1,9H2,2-3H3/p+1/b19-10+. The number of hydrogen-bond donors (Lipinski definition) is 1. The minimum Gasteiger partial charge on any atom is -0.270 e. The molecule has 0 radical (unpaired) electrons. The molecular weight excluding hydrogens is 339 g/mol. The highest BCUT2D eigenvalue weighted by molar-refractivity contribution is 6.22. The van der Waals surface area contributed by atoms with E-state index in [9.17, 15) is 14.0 Å². The van der Waals surface area contributed by atoms with Crippen molar-refractivity contribution in [1.82, 2.24) is 15.2 Å². The zero-order valence-electron chi connectivity index (χ0n) is 14.4. The van der Waals surface area contributed by atoms with Crippen LogP contribution in [0.3, 0.4) is 0 Å². The van der Waals surface area contributed by atoms with Crippen LogP contribution in [0.4, 0.5) is 9.18 Å². The molecule has 8 nitrogen and oxygen atoms in total. The van der Waals surface area contributed by atoms with E-state index in [0.717, 1.165) is 4.90 Å². The molecule has 1 N–H and O–H groups in total. The van der Waals surface area contributed by atoms with Crippen LogP contribution in [0.1, 0.15) is 5.56 Å². The van der Waals surface area contributed by atoms with Crippen molar-refractivity contribution in [2.75, 3.05) is 20.6 Å². The van der Waals surface area contributed by atoms with Gasteiger partial charge in [0, 0.05) is 14.1 Å². The summed E-state index contributed by atoms with van der Waals surface area (Å²) >= 11 is 0. The zero-order chi connectivity index (χ0) is 18.8. The first-order valence-electron chi connectivity index (χ1n) is 7.87. The second-order valence-corrected chi connectivity index (χ2v) is 5.80. The smallest absolute Gasteiger partial charge is 0.270 e. The van der Waals surface area contributed by atoms with Crippen LogP contribution in [0, 0.1) is 5.82 Å². The lowest BCUT2D eigenvalue weighted by Gasteiger charge is -2.31. The lowest BCUT2D eigenvalue weighted by atomic mass is 10.1. The Hall–Kier alpha value is -3.36. The highest BCUT2D eigenvalue weighted by Crippen LogP contribution is 2.18. The van der Waals surface area contributed by atoms with Gasteiger partial charge in [0.25, 0.3) is 5.91 Å². The molecule has 0 saturated carbocycles. The minimum absolute atomic E-state index is 0.326. The number of nitrogens with one attached hydrogen (secondary N) is 1. The van der Waals surface area contributed by atoms with Crippen LogP contribution in [0.25, 0.3) is 0 Å². The average molecular weight is 357 g/mol. The van der Waals surface area contributed by atoms with Gasteiger partial charge in [-0.3, -0.25) is 14.6 Å². The van der Waals surface area contributed by atoms with Gasteiger partial charge in [0.05, 0.1) is 12.8 Å². The number of amidine groups is 1. The Morgan fingerprint density at radius 2 is 2.00 bits per heavy atom. The van der Waals surface area contributed by atoms with Crippen LogP contribution in [0.5, 0.6) is 0 Å². The summed E-state index contributed by atoms with van der Waals surface area (Å²) in [4.78, 5) is 31.4. The number of aliphatic imine (C=N–C) groups is 1. The molecule has 26 heavy (non-hydrogen) atoms. The maximum absolute atomic E-state index is 12.9. The Morgan fingerprint density at radius 3 is 2.65 bits per heavy atom. The Morgan fingerprint density at radius 1 is 1.31 bits per heavy atom. The molecule has 2 heterocycles. The highest BCUT2D eigenvalue weighted by atomic mass is 19.1. The Bertz CT molecular complexity index is 859. The van der Waals surface area contributed by atoms with Gasteiger partial charge in [-0.25, -0.2) is 13.8 Å². The quantitative estimate of drug-likeness (QED) is 0.371. The summed E-state index contributed by atoms with van der Waals surface area (Å²) in [6, 6.07) is 4.66. The molecule has 1 saturated heterocycles. The van der Waals surface area contributed by atoms with Crippen molar-refractivity contribution in [2.24, 2.45) is 10.1 Å². The van der Waals surface area contributed by atoms with Gasteiger partial charge in [-0.2, -0.15) is 5.43 Å². The third-order valence-corrected chi connectivity index (χ3v) is 4.10. The van der Waals surface area contributed by atoms with Crippen LogP contribution >= 0.6 is 0 Å². The zero-order valence-corrected chi connectivity index (χ0v) is 14.4. The summed E-state index contributed by atoms with van der Waals surface area (Å²) in [6.45, 7) is 4.04. The number of halogens is 1. The van der Waals surface area contributed by atoms with Gasteiger partial charge in [0.15, 0.2) is 0 Å². The van der Waals surface area contributed by atoms with Crippen molar-refractivity contribution in [2.45, 2.75) is 6.04 Å². The molecule has 1 aromatic carbocycles. The molecule has 0 aromatic heterocycles. The van der Waals surface area contributed by atoms with E-state index in [1.807, 2.05) is 0 Å². The molecule has 1 atom stereocenters. The highest BCUT2D eigenvalue weighted by Gasteiger charge is 2.51. The van der Waals surface area contributed by atoms with E-state index in [0.29, 0.717) is 23.9 Å². The summed E-state index contributed by atoms with van der Waals surface area (Å²) in [7, 11) is 3.00. The third kappa shape index (κ3) is 2.99. The lowest BCUT2D eigenvalue weighted by Crippen LogP contribution is -2.61. The summed E-state index contributed by atoms with van der Waals surface area (Å²) in [6.07, 6.45) is 3.14. The van der Waals surface area contributed by atoms with Gasteiger partial charge in [-0.15, -0.1) is 5.10 Å². The van der Waals surface area contributed by atoms with Gasteiger partial charge >= 0.3 is 12.0 Å². The van der Waals surface area contributed by atoms with E-state index in [1.165, 1.54) is 30.3 Å². The van der Waals surface area contributed by atoms with E-state index in [-0.39, 0.29) is 11.7 Å². The Balaban J connectivity index is 1.87. The molecule has 0 spiro atoms. The van der Waals surface area contributed by atoms with Crippen LogP contribution in [-0.2, 0) is 4.79 Å². The molecule has 3 amide bonds. The number of hydrogen-bond acceptors (Lipinski definition) is 5. The number of imide groups is 1. The van der Waals surface area contributed by atoms with E-state index in [1.54, 1.807) is 29.8 Å². The summed E-state index contributed by atoms with van der Waals surface area (Å²) in [5.41, 5.74) is 3.48. The van der Waals surface area contributed by atoms with E-state index >= 15 is 0 Å². The van der Waals surface area contributed by atoms with E-state index in [4.69, 9.17) is 0 Å². The lowest BCUT2D eigenvalue weighted by molar-refractivity contribution is -0.527. The van der Waals surface area contributed by atoms with E-state index in [2.05, 4.69) is 22.1 Å². The number of nitrogens with zero attached hydrogens (tertiary/aromatic N) is 5. The molecule has 2 aliphatic heterocycles. The number of carbonyl (C=O) groups is 2. The third-order valence-electron chi connectivity index (χ3n) is 4.10. The van der Waals surface area contributed by atoms with Crippen molar-refractivity contribution in [1.29, 1.82) is 0 Å². The van der Waals surface area contributed by atoms with Crippen molar-refractivity contribution in [3.05, 3.63) is 48.3 Å². The first kappa shape index (κ1) is 17.5. The molecule has 1 unspecified atom stereocenters. The summed E-state index contributed by atoms with van der Waals surface area (Å²) in [5, 5.41) is 4.09.